The van der Waals surface area contributed by atoms with Crippen molar-refractivity contribution in [3.05, 3.63) is 51.2 Å². The molecule has 0 radical (unpaired) electrons. The Morgan fingerprint density at radius 2 is 1.80 bits per heavy atom. The van der Waals surface area contributed by atoms with E-state index in [0.29, 0.717) is 10.1 Å². The van der Waals surface area contributed by atoms with Gasteiger partial charge in [0, 0.05) is 11.4 Å². The van der Waals surface area contributed by atoms with Crippen LogP contribution in [0.15, 0.2) is 36.4 Å². The summed E-state index contributed by atoms with van der Waals surface area (Å²) < 4.78 is 43.5. The Morgan fingerprint density at radius 1 is 1.15 bits per heavy atom. The average Bonchev–Trinajstić information content (AvgIpc) is 2.82. The Kier molecular flexibility index (Phi) is 4.57. The lowest BCUT2D eigenvalue weighted by atomic mass is 10.2. The van der Waals surface area contributed by atoms with Crippen LogP contribution in [0.4, 0.5) is 13.2 Å². The minimum atomic E-state index is -4.35. The number of nitrogens with two attached hydrogens (primary N) is 1. The lowest BCUT2D eigenvalue weighted by Crippen LogP contribution is -2.17. The van der Waals surface area contributed by atoms with Crippen molar-refractivity contribution in [1.82, 2.24) is 0 Å². The van der Waals surface area contributed by atoms with Crippen molar-refractivity contribution in [2.75, 3.05) is 6.54 Å². The Balaban J connectivity index is 2.12. The number of rotatable bonds is 4. The van der Waals surface area contributed by atoms with Gasteiger partial charge in [-0.25, -0.2) is 0 Å². The number of benzene rings is 1. The van der Waals surface area contributed by atoms with Crippen molar-refractivity contribution in [2.24, 2.45) is 5.73 Å². The minimum Gasteiger partial charge on any atom is -0.484 e. The van der Waals surface area contributed by atoms with Crippen LogP contribution in [-0.2, 0) is 6.18 Å². The normalized spacial score (nSPS) is 13.2. The quantitative estimate of drug-likeness (QED) is 0.900. The zero-order chi connectivity index (χ0) is 14.8. The summed E-state index contributed by atoms with van der Waals surface area (Å²) in [7, 11) is 0. The van der Waals surface area contributed by atoms with Crippen LogP contribution in [0.1, 0.15) is 16.5 Å². The molecule has 2 N–H and O–H groups in total. The number of alkyl halides is 3. The molecule has 0 saturated heterocycles. The largest absolute Gasteiger partial charge is 0.484 e. The molecule has 108 valence electrons. The predicted molar refractivity (Wildman–Crippen MR) is 73.2 cm³/mol. The van der Waals surface area contributed by atoms with Crippen molar-refractivity contribution in [2.45, 2.75) is 12.3 Å². The molecule has 0 aliphatic carbocycles. The van der Waals surface area contributed by atoms with Gasteiger partial charge in [-0.3, -0.25) is 0 Å². The first-order valence-corrected chi connectivity index (χ1v) is 6.89. The third-order valence-corrected chi connectivity index (χ3v) is 3.91. The van der Waals surface area contributed by atoms with Crippen LogP contribution in [0.2, 0.25) is 4.34 Å². The highest BCUT2D eigenvalue weighted by atomic mass is 35.5. The predicted octanol–water partition coefficient (Wildman–Crippen LogP) is 4.50. The lowest BCUT2D eigenvalue weighted by molar-refractivity contribution is -0.137. The van der Waals surface area contributed by atoms with Gasteiger partial charge in [0.05, 0.1) is 9.90 Å². The minimum absolute atomic E-state index is 0.206. The molecule has 0 amide bonds. The van der Waals surface area contributed by atoms with E-state index in [2.05, 4.69) is 0 Å². The van der Waals surface area contributed by atoms with Crippen LogP contribution in [-0.4, -0.2) is 6.54 Å². The highest BCUT2D eigenvalue weighted by molar-refractivity contribution is 7.16. The lowest BCUT2D eigenvalue weighted by Gasteiger charge is -2.16. The van der Waals surface area contributed by atoms with Crippen molar-refractivity contribution in [3.8, 4) is 5.75 Å². The van der Waals surface area contributed by atoms with E-state index in [4.69, 9.17) is 22.1 Å². The first-order chi connectivity index (χ1) is 9.40. The molecule has 0 saturated carbocycles. The molecule has 2 rings (SSSR count). The van der Waals surface area contributed by atoms with Crippen molar-refractivity contribution in [3.63, 3.8) is 0 Å². The fraction of sp³-hybridized carbons (Fsp3) is 0.231. The SMILES string of the molecule is NCC(Oc1ccc(C(F)(F)F)cc1)c1ccc(Cl)s1. The van der Waals surface area contributed by atoms with Gasteiger partial charge in [0.1, 0.15) is 11.9 Å². The summed E-state index contributed by atoms with van der Waals surface area (Å²) in [4.78, 5) is 0.831. The van der Waals surface area contributed by atoms with Crippen molar-refractivity contribution >= 4 is 22.9 Å². The van der Waals surface area contributed by atoms with E-state index in [1.165, 1.54) is 23.5 Å². The molecule has 2 aromatic rings. The molecular formula is C13H11ClF3NOS. The highest BCUT2D eigenvalue weighted by Crippen LogP contribution is 2.32. The van der Waals surface area contributed by atoms with Gasteiger partial charge in [-0.2, -0.15) is 13.2 Å². The van der Waals surface area contributed by atoms with Gasteiger partial charge in [-0.1, -0.05) is 11.6 Å². The maximum absolute atomic E-state index is 12.4. The zero-order valence-corrected chi connectivity index (χ0v) is 11.7. The van der Waals surface area contributed by atoms with Crippen LogP contribution >= 0.6 is 22.9 Å². The van der Waals surface area contributed by atoms with Crippen LogP contribution in [0, 0.1) is 0 Å². The second-order valence-electron chi connectivity index (χ2n) is 4.01. The molecule has 0 spiro atoms. The number of ether oxygens (including phenoxy) is 1. The first-order valence-electron chi connectivity index (χ1n) is 5.69. The van der Waals surface area contributed by atoms with Crippen molar-refractivity contribution in [1.29, 1.82) is 0 Å². The molecule has 1 heterocycles. The number of hydrogen-bond donors (Lipinski definition) is 1. The van der Waals surface area contributed by atoms with E-state index in [9.17, 15) is 13.2 Å². The number of hydrogen-bond acceptors (Lipinski definition) is 3. The summed E-state index contributed by atoms with van der Waals surface area (Å²) in [6, 6.07) is 8.02. The van der Waals surface area contributed by atoms with Crippen LogP contribution in [0.5, 0.6) is 5.75 Å². The van der Waals surface area contributed by atoms with Crippen LogP contribution in [0.25, 0.3) is 0 Å². The average molecular weight is 322 g/mol. The van der Waals surface area contributed by atoms with E-state index in [-0.39, 0.29) is 6.54 Å². The summed E-state index contributed by atoms with van der Waals surface area (Å²) in [5.74, 6) is 0.331. The van der Waals surface area contributed by atoms with Gasteiger partial charge in [0.15, 0.2) is 0 Å². The molecule has 0 fully saturated rings. The molecule has 1 unspecified atom stereocenters. The summed E-state index contributed by atoms with van der Waals surface area (Å²) in [6.45, 7) is 0.206. The maximum atomic E-state index is 12.4. The molecule has 20 heavy (non-hydrogen) atoms. The Bertz CT molecular complexity index is 568. The van der Waals surface area contributed by atoms with Gasteiger partial charge in [-0.15, -0.1) is 11.3 Å². The third kappa shape index (κ3) is 3.65. The summed E-state index contributed by atoms with van der Waals surface area (Å²) in [5, 5.41) is 0. The Hall–Kier alpha value is -1.24. The summed E-state index contributed by atoms with van der Waals surface area (Å²) >= 11 is 7.16. The fourth-order valence-electron chi connectivity index (χ4n) is 1.61. The van der Waals surface area contributed by atoms with Crippen LogP contribution < -0.4 is 10.5 Å². The molecule has 1 atom stereocenters. The summed E-state index contributed by atoms with van der Waals surface area (Å²) in [5.41, 5.74) is 4.91. The fourth-order valence-corrected chi connectivity index (χ4v) is 2.71. The standard InChI is InChI=1S/C13H11ClF3NOS/c14-12-6-5-11(20-12)10(7-18)19-9-3-1-8(2-4-9)13(15,16)17/h1-6,10H,7,18H2. The third-order valence-electron chi connectivity index (χ3n) is 2.59. The topological polar surface area (TPSA) is 35.2 Å². The second-order valence-corrected chi connectivity index (χ2v) is 5.75. The van der Waals surface area contributed by atoms with Gasteiger partial charge in [-0.05, 0) is 36.4 Å². The summed E-state index contributed by atoms with van der Waals surface area (Å²) in [6.07, 6.45) is -4.78. The molecule has 7 heteroatoms. The molecule has 1 aromatic carbocycles. The van der Waals surface area contributed by atoms with Gasteiger partial charge < -0.3 is 10.5 Å². The van der Waals surface area contributed by atoms with E-state index in [1.807, 2.05) is 0 Å². The van der Waals surface area contributed by atoms with Crippen LogP contribution in [0.3, 0.4) is 0 Å². The highest BCUT2D eigenvalue weighted by Gasteiger charge is 2.30. The van der Waals surface area contributed by atoms with E-state index >= 15 is 0 Å². The van der Waals surface area contributed by atoms with Gasteiger partial charge in [0.25, 0.3) is 0 Å². The molecule has 0 aliphatic rings. The Morgan fingerprint density at radius 3 is 2.25 bits per heavy atom. The molecule has 2 nitrogen and oxygen atoms in total. The van der Waals surface area contributed by atoms with Crippen molar-refractivity contribution < 1.29 is 17.9 Å². The van der Waals surface area contributed by atoms with E-state index in [1.54, 1.807) is 12.1 Å². The molecular weight excluding hydrogens is 311 g/mol. The van der Waals surface area contributed by atoms with Gasteiger partial charge >= 0.3 is 6.18 Å². The smallest absolute Gasteiger partial charge is 0.416 e. The molecule has 1 aromatic heterocycles. The maximum Gasteiger partial charge on any atom is 0.416 e. The number of halogens is 4. The number of thiophene rings is 1. The second kappa shape index (κ2) is 6.03. The Labute approximate surface area is 122 Å². The first kappa shape index (κ1) is 15.2. The van der Waals surface area contributed by atoms with E-state index < -0.39 is 17.8 Å². The monoisotopic (exact) mass is 321 g/mol. The zero-order valence-electron chi connectivity index (χ0n) is 10.2. The molecule has 0 aliphatic heterocycles. The molecule has 0 bridgehead atoms. The van der Waals surface area contributed by atoms with E-state index in [0.717, 1.165) is 17.0 Å². The van der Waals surface area contributed by atoms with Gasteiger partial charge in [0.2, 0.25) is 0 Å².